The minimum absolute atomic E-state index is 0.116. The zero-order valence-electron chi connectivity index (χ0n) is 9.63. The summed E-state index contributed by atoms with van der Waals surface area (Å²) < 4.78 is 6.22. The molecule has 100 valence electrons. The van der Waals surface area contributed by atoms with Crippen LogP contribution in [0, 0.1) is 0 Å². The monoisotopic (exact) mass is 353 g/mol. The Hall–Kier alpha value is -0.260. The van der Waals surface area contributed by atoms with Gasteiger partial charge >= 0.3 is 0 Å². The molecule has 18 heavy (non-hydrogen) atoms. The summed E-state index contributed by atoms with van der Waals surface area (Å²) in [6.45, 7) is 4.77. The number of aliphatic hydroxyl groups is 1. The Morgan fingerprint density at radius 2 is 2.06 bits per heavy atom. The van der Waals surface area contributed by atoms with E-state index in [4.69, 9.17) is 27.9 Å². The quantitative estimate of drug-likeness (QED) is 0.789. The number of hydrogen-bond donors (Lipinski definition) is 2. The molecule has 6 heteroatoms. The molecule has 1 rings (SSSR count). The minimum Gasteiger partial charge on any atom is -0.488 e. The summed E-state index contributed by atoms with van der Waals surface area (Å²) in [5.74, 6) is 0.393. The molecule has 0 fully saturated rings. The third-order valence-electron chi connectivity index (χ3n) is 2.04. The minimum atomic E-state index is -0.649. The van der Waals surface area contributed by atoms with Crippen molar-refractivity contribution >= 4 is 39.1 Å². The Morgan fingerprint density at radius 3 is 2.61 bits per heavy atom. The van der Waals surface area contributed by atoms with E-state index >= 15 is 0 Å². The lowest BCUT2D eigenvalue weighted by atomic mass is 10.3. The van der Waals surface area contributed by atoms with Gasteiger partial charge in [-0.15, -0.1) is 0 Å². The fraction of sp³-hybridized carbons (Fsp3) is 0.333. The van der Waals surface area contributed by atoms with Gasteiger partial charge in [-0.25, -0.2) is 0 Å². The molecule has 0 aromatic heterocycles. The van der Waals surface area contributed by atoms with Gasteiger partial charge in [-0.2, -0.15) is 0 Å². The standard InChI is InChI=1S/C12H14BrCl2NO2/c1-8(13)5-16-6-9(17)7-18-12-10(14)3-2-4-11(12)15/h2-4,9,16-17H,1,5-7H2. The molecule has 0 spiro atoms. The van der Waals surface area contributed by atoms with Crippen LogP contribution in [0.3, 0.4) is 0 Å². The maximum atomic E-state index is 9.69. The molecule has 1 aromatic carbocycles. The van der Waals surface area contributed by atoms with Crippen molar-refractivity contribution in [2.75, 3.05) is 19.7 Å². The Morgan fingerprint density at radius 1 is 1.44 bits per heavy atom. The maximum Gasteiger partial charge on any atom is 0.156 e. The first-order chi connectivity index (χ1) is 8.50. The summed E-state index contributed by atoms with van der Waals surface area (Å²) in [5, 5.41) is 13.5. The highest BCUT2D eigenvalue weighted by Crippen LogP contribution is 2.32. The van der Waals surface area contributed by atoms with Crippen molar-refractivity contribution < 1.29 is 9.84 Å². The van der Waals surface area contributed by atoms with Crippen molar-refractivity contribution in [2.45, 2.75) is 6.10 Å². The number of nitrogens with one attached hydrogen (secondary N) is 1. The number of halogens is 3. The van der Waals surface area contributed by atoms with Crippen molar-refractivity contribution in [1.29, 1.82) is 0 Å². The summed E-state index contributed by atoms with van der Waals surface area (Å²) >= 11 is 15.1. The van der Waals surface area contributed by atoms with Gasteiger partial charge < -0.3 is 15.2 Å². The van der Waals surface area contributed by atoms with E-state index in [0.717, 1.165) is 4.48 Å². The van der Waals surface area contributed by atoms with Crippen LogP contribution in [0.5, 0.6) is 5.75 Å². The third kappa shape index (κ3) is 5.59. The molecule has 0 aliphatic heterocycles. The predicted octanol–water partition coefficient (Wildman–Crippen LogP) is 3.23. The number of rotatable bonds is 7. The smallest absolute Gasteiger partial charge is 0.156 e. The van der Waals surface area contributed by atoms with E-state index in [1.54, 1.807) is 18.2 Å². The van der Waals surface area contributed by atoms with E-state index in [-0.39, 0.29) is 6.61 Å². The molecular weight excluding hydrogens is 341 g/mol. The first-order valence-corrected chi connectivity index (χ1v) is 6.84. The number of hydrogen-bond acceptors (Lipinski definition) is 3. The average Bonchev–Trinajstić information content (AvgIpc) is 2.27. The molecule has 0 aliphatic carbocycles. The molecular formula is C12H14BrCl2NO2. The highest BCUT2D eigenvalue weighted by molar-refractivity contribution is 9.11. The highest BCUT2D eigenvalue weighted by atomic mass is 79.9. The lowest BCUT2D eigenvalue weighted by Gasteiger charge is -2.14. The zero-order chi connectivity index (χ0) is 13.5. The molecule has 1 aromatic rings. The molecule has 0 bridgehead atoms. The van der Waals surface area contributed by atoms with Crippen molar-refractivity contribution in [3.05, 3.63) is 39.3 Å². The number of ether oxygens (including phenoxy) is 1. The van der Waals surface area contributed by atoms with Gasteiger partial charge in [0.15, 0.2) is 5.75 Å². The first kappa shape index (κ1) is 15.8. The van der Waals surface area contributed by atoms with E-state index in [0.29, 0.717) is 28.9 Å². The van der Waals surface area contributed by atoms with Crippen LogP contribution in [0.15, 0.2) is 29.3 Å². The lowest BCUT2D eigenvalue weighted by Crippen LogP contribution is -2.32. The van der Waals surface area contributed by atoms with Crippen LogP contribution in [-0.2, 0) is 0 Å². The molecule has 0 aliphatic rings. The van der Waals surface area contributed by atoms with Crippen LogP contribution in [0.2, 0.25) is 10.0 Å². The molecule has 1 unspecified atom stereocenters. The fourth-order valence-electron chi connectivity index (χ4n) is 1.23. The van der Waals surface area contributed by atoms with Gasteiger partial charge in [0.1, 0.15) is 12.7 Å². The number of aliphatic hydroxyl groups excluding tert-OH is 1. The average molecular weight is 355 g/mol. The van der Waals surface area contributed by atoms with Gasteiger partial charge in [-0.3, -0.25) is 0 Å². The van der Waals surface area contributed by atoms with Crippen molar-refractivity contribution in [3.63, 3.8) is 0 Å². The van der Waals surface area contributed by atoms with Gasteiger partial charge in [0.05, 0.1) is 10.0 Å². The number of para-hydroxylation sites is 1. The SMILES string of the molecule is C=C(Br)CNCC(O)COc1c(Cl)cccc1Cl. The van der Waals surface area contributed by atoms with Gasteiger partial charge in [0.2, 0.25) is 0 Å². The van der Waals surface area contributed by atoms with Crippen LogP contribution < -0.4 is 10.1 Å². The Bertz CT molecular complexity index is 395. The second-order valence-corrected chi connectivity index (χ2v) is 5.60. The van der Waals surface area contributed by atoms with Crippen LogP contribution in [0.25, 0.3) is 0 Å². The van der Waals surface area contributed by atoms with E-state index in [1.807, 2.05) is 0 Å². The second-order valence-electron chi connectivity index (χ2n) is 3.66. The fourth-order valence-corrected chi connectivity index (χ4v) is 1.94. The van der Waals surface area contributed by atoms with Gasteiger partial charge in [-0.05, 0) is 12.1 Å². The van der Waals surface area contributed by atoms with Crippen molar-refractivity contribution in [3.8, 4) is 5.75 Å². The topological polar surface area (TPSA) is 41.5 Å². The van der Waals surface area contributed by atoms with Crippen LogP contribution in [0.4, 0.5) is 0 Å². The van der Waals surface area contributed by atoms with E-state index in [9.17, 15) is 5.11 Å². The predicted molar refractivity (Wildman–Crippen MR) is 78.9 cm³/mol. The maximum absolute atomic E-state index is 9.69. The summed E-state index contributed by atoms with van der Waals surface area (Å²) in [6.07, 6.45) is -0.649. The van der Waals surface area contributed by atoms with Gasteiger partial charge in [0.25, 0.3) is 0 Å². The van der Waals surface area contributed by atoms with E-state index in [2.05, 4.69) is 27.8 Å². The summed E-state index contributed by atoms with van der Waals surface area (Å²) in [5.41, 5.74) is 0. The van der Waals surface area contributed by atoms with E-state index < -0.39 is 6.10 Å². The molecule has 0 saturated carbocycles. The van der Waals surface area contributed by atoms with Crippen molar-refractivity contribution in [2.24, 2.45) is 0 Å². The lowest BCUT2D eigenvalue weighted by molar-refractivity contribution is 0.107. The summed E-state index contributed by atoms with van der Waals surface area (Å²) in [6, 6.07) is 5.10. The first-order valence-electron chi connectivity index (χ1n) is 5.29. The second kappa shape index (κ2) is 8.02. The Balaban J connectivity index is 2.38. The molecule has 0 radical (unpaired) electrons. The normalized spacial score (nSPS) is 12.2. The number of benzene rings is 1. The summed E-state index contributed by atoms with van der Waals surface area (Å²) in [4.78, 5) is 0. The third-order valence-corrected chi connectivity index (χ3v) is 2.91. The Labute approximate surface area is 125 Å². The molecule has 0 heterocycles. The van der Waals surface area contributed by atoms with Gasteiger partial charge in [0, 0.05) is 17.6 Å². The van der Waals surface area contributed by atoms with Gasteiger partial charge in [-0.1, -0.05) is 51.8 Å². The zero-order valence-corrected chi connectivity index (χ0v) is 12.7. The van der Waals surface area contributed by atoms with Crippen LogP contribution >= 0.6 is 39.1 Å². The van der Waals surface area contributed by atoms with Crippen molar-refractivity contribution in [1.82, 2.24) is 5.32 Å². The molecule has 3 nitrogen and oxygen atoms in total. The largest absolute Gasteiger partial charge is 0.488 e. The Kier molecular flexibility index (Phi) is 7.04. The molecule has 1 atom stereocenters. The van der Waals surface area contributed by atoms with Crippen LogP contribution in [-0.4, -0.2) is 30.9 Å². The molecule has 0 saturated heterocycles. The molecule has 2 N–H and O–H groups in total. The highest BCUT2D eigenvalue weighted by Gasteiger charge is 2.10. The summed E-state index contributed by atoms with van der Waals surface area (Å²) in [7, 11) is 0. The van der Waals surface area contributed by atoms with E-state index in [1.165, 1.54) is 0 Å². The molecule has 0 amide bonds. The van der Waals surface area contributed by atoms with Crippen LogP contribution in [0.1, 0.15) is 0 Å².